The Labute approximate surface area is 114 Å². The Morgan fingerprint density at radius 2 is 2.16 bits per heavy atom. The molecule has 1 heterocycles. The first kappa shape index (κ1) is 13.9. The second-order valence-corrected chi connectivity index (χ2v) is 4.76. The molecule has 4 heteroatoms. The first-order valence-corrected chi connectivity index (χ1v) is 6.79. The van der Waals surface area contributed by atoms with E-state index in [1.54, 1.807) is 0 Å². The van der Waals surface area contributed by atoms with Crippen LogP contribution in [0.1, 0.15) is 19.4 Å². The predicted molar refractivity (Wildman–Crippen MR) is 73.3 cm³/mol. The highest BCUT2D eigenvalue weighted by Gasteiger charge is 2.23. The summed E-state index contributed by atoms with van der Waals surface area (Å²) in [6.07, 6.45) is 0.441. The lowest BCUT2D eigenvalue weighted by atomic mass is 10.1. The molecule has 1 aliphatic heterocycles. The van der Waals surface area contributed by atoms with E-state index < -0.39 is 0 Å². The van der Waals surface area contributed by atoms with Crippen molar-refractivity contribution < 1.29 is 14.3 Å². The topological polar surface area (TPSA) is 38.8 Å². The highest BCUT2D eigenvalue weighted by molar-refractivity contribution is 5.79. The van der Waals surface area contributed by atoms with Gasteiger partial charge in [-0.15, -0.1) is 0 Å². The maximum absolute atomic E-state index is 12.2. The van der Waals surface area contributed by atoms with Gasteiger partial charge in [-0.2, -0.15) is 0 Å². The van der Waals surface area contributed by atoms with Crippen molar-refractivity contribution in [2.24, 2.45) is 0 Å². The summed E-state index contributed by atoms with van der Waals surface area (Å²) < 4.78 is 10.7. The summed E-state index contributed by atoms with van der Waals surface area (Å²) in [5.74, 6) is 1.01. The number of hydrogen-bond acceptors (Lipinski definition) is 3. The van der Waals surface area contributed by atoms with Crippen molar-refractivity contribution in [2.45, 2.75) is 26.3 Å². The number of carbonyl (C=O) groups is 1. The minimum atomic E-state index is 0.167. The number of carbonyl (C=O) groups excluding carboxylic acids is 1. The molecule has 1 fully saturated rings. The van der Waals surface area contributed by atoms with Crippen LogP contribution < -0.4 is 4.74 Å². The van der Waals surface area contributed by atoms with Gasteiger partial charge in [0, 0.05) is 6.54 Å². The summed E-state index contributed by atoms with van der Waals surface area (Å²) in [6.45, 7) is 6.60. The lowest BCUT2D eigenvalue weighted by molar-refractivity contribution is -0.138. The number of nitrogens with zero attached hydrogens (tertiary/aromatic N) is 1. The zero-order valence-corrected chi connectivity index (χ0v) is 11.6. The summed E-state index contributed by atoms with van der Waals surface area (Å²) in [5, 5.41) is 0. The highest BCUT2D eigenvalue weighted by Crippen LogP contribution is 2.14. The van der Waals surface area contributed by atoms with Gasteiger partial charge in [0.1, 0.15) is 5.75 Å². The number of rotatable bonds is 4. The first-order chi connectivity index (χ1) is 9.20. The van der Waals surface area contributed by atoms with Crippen molar-refractivity contribution in [1.29, 1.82) is 0 Å². The Balaban J connectivity index is 1.94. The monoisotopic (exact) mass is 263 g/mol. The molecule has 1 aliphatic rings. The van der Waals surface area contributed by atoms with Crippen molar-refractivity contribution in [2.75, 3.05) is 26.4 Å². The molecule has 0 saturated carbocycles. The average Bonchev–Trinajstić information content (AvgIpc) is 2.42. The van der Waals surface area contributed by atoms with E-state index in [0.29, 0.717) is 32.8 Å². The van der Waals surface area contributed by atoms with Gasteiger partial charge in [0.2, 0.25) is 5.91 Å². The summed E-state index contributed by atoms with van der Waals surface area (Å²) in [4.78, 5) is 14.1. The van der Waals surface area contributed by atoms with E-state index in [2.05, 4.69) is 0 Å². The number of morpholine rings is 1. The van der Waals surface area contributed by atoms with Crippen LogP contribution in [0, 0.1) is 0 Å². The summed E-state index contributed by atoms with van der Waals surface area (Å²) in [6, 6.07) is 7.90. The fraction of sp³-hybridized carbons (Fsp3) is 0.533. The fourth-order valence-corrected chi connectivity index (χ4v) is 2.24. The molecule has 2 rings (SSSR count). The Kier molecular flexibility index (Phi) is 4.80. The van der Waals surface area contributed by atoms with Gasteiger partial charge < -0.3 is 14.4 Å². The van der Waals surface area contributed by atoms with Gasteiger partial charge in [0.15, 0.2) is 0 Å². The molecule has 1 atom stereocenters. The van der Waals surface area contributed by atoms with E-state index in [0.717, 1.165) is 11.3 Å². The van der Waals surface area contributed by atoms with E-state index in [1.807, 2.05) is 43.0 Å². The van der Waals surface area contributed by atoms with Gasteiger partial charge in [-0.1, -0.05) is 12.1 Å². The molecule has 0 aromatic heterocycles. The van der Waals surface area contributed by atoms with Crippen LogP contribution in [0.3, 0.4) is 0 Å². The number of ether oxygens (including phenoxy) is 2. The third-order valence-corrected chi connectivity index (χ3v) is 3.28. The van der Waals surface area contributed by atoms with Gasteiger partial charge in [0.05, 0.1) is 32.3 Å². The molecule has 0 radical (unpaired) electrons. The van der Waals surface area contributed by atoms with Crippen LogP contribution in [0.5, 0.6) is 5.75 Å². The van der Waals surface area contributed by atoms with Crippen LogP contribution >= 0.6 is 0 Å². The molecule has 1 aromatic carbocycles. The first-order valence-electron chi connectivity index (χ1n) is 6.79. The van der Waals surface area contributed by atoms with Gasteiger partial charge in [-0.25, -0.2) is 0 Å². The van der Waals surface area contributed by atoms with Crippen LogP contribution in [0.25, 0.3) is 0 Å². The Hall–Kier alpha value is -1.55. The van der Waals surface area contributed by atoms with E-state index in [1.165, 1.54) is 0 Å². The van der Waals surface area contributed by atoms with Gasteiger partial charge in [-0.3, -0.25) is 4.79 Å². The summed E-state index contributed by atoms with van der Waals surface area (Å²) in [5.41, 5.74) is 1.02. The lowest BCUT2D eigenvalue weighted by Gasteiger charge is -2.33. The second-order valence-electron chi connectivity index (χ2n) is 4.76. The maximum Gasteiger partial charge on any atom is 0.227 e. The van der Waals surface area contributed by atoms with Crippen molar-refractivity contribution in [1.82, 2.24) is 4.90 Å². The molecular formula is C15H21NO3. The smallest absolute Gasteiger partial charge is 0.227 e. The van der Waals surface area contributed by atoms with Crippen molar-refractivity contribution in [3.63, 3.8) is 0 Å². The summed E-state index contributed by atoms with van der Waals surface area (Å²) in [7, 11) is 0. The van der Waals surface area contributed by atoms with Crippen molar-refractivity contribution >= 4 is 5.91 Å². The largest absolute Gasteiger partial charge is 0.494 e. The van der Waals surface area contributed by atoms with Crippen LogP contribution in [0.4, 0.5) is 0 Å². The molecule has 0 spiro atoms. The molecule has 19 heavy (non-hydrogen) atoms. The van der Waals surface area contributed by atoms with E-state index in [4.69, 9.17) is 9.47 Å². The zero-order chi connectivity index (χ0) is 13.7. The average molecular weight is 263 g/mol. The normalized spacial score (nSPS) is 19.3. The Morgan fingerprint density at radius 3 is 2.79 bits per heavy atom. The fourth-order valence-electron chi connectivity index (χ4n) is 2.24. The number of benzene rings is 1. The summed E-state index contributed by atoms with van der Waals surface area (Å²) >= 11 is 0. The minimum Gasteiger partial charge on any atom is -0.494 e. The maximum atomic E-state index is 12.2. The van der Waals surface area contributed by atoms with E-state index >= 15 is 0 Å². The molecule has 0 bridgehead atoms. The van der Waals surface area contributed by atoms with Gasteiger partial charge >= 0.3 is 0 Å². The molecule has 0 N–H and O–H groups in total. The number of amides is 1. The second kappa shape index (κ2) is 6.57. The third-order valence-electron chi connectivity index (χ3n) is 3.28. The standard InChI is InChI=1S/C15H21NO3/c1-3-19-14-6-4-13(5-7-14)10-15(17)16-8-9-18-11-12(16)2/h4-7,12H,3,8-11H2,1-2H3. The molecule has 1 unspecified atom stereocenters. The number of hydrogen-bond donors (Lipinski definition) is 0. The van der Waals surface area contributed by atoms with E-state index in [-0.39, 0.29) is 11.9 Å². The molecule has 1 saturated heterocycles. The molecule has 0 aliphatic carbocycles. The van der Waals surface area contributed by atoms with Crippen molar-refractivity contribution in [3.05, 3.63) is 29.8 Å². The molecular weight excluding hydrogens is 242 g/mol. The Bertz CT molecular complexity index is 416. The third kappa shape index (κ3) is 3.70. The molecule has 4 nitrogen and oxygen atoms in total. The van der Waals surface area contributed by atoms with Crippen LogP contribution in [0.2, 0.25) is 0 Å². The van der Waals surface area contributed by atoms with Crippen LogP contribution in [-0.4, -0.2) is 43.2 Å². The molecule has 1 aromatic rings. The van der Waals surface area contributed by atoms with Gasteiger partial charge in [-0.05, 0) is 31.5 Å². The van der Waals surface area contributed by atoms with Crippen LogP contribution in [-0.2, 0) is 16.0 Å². The highest BCUT2D eigenvalue weighted by atomic mass is 16.5. The molecule has 104 valence electrons. The van der Waals surface area contributed by atoms with Gasteiger partial charge in [0.25, 0.3) is 0 Å². The zero-order valence-electron chi connectivity index (χ0n) is 11.6. The van der Waals surface area contributed by atoms with Crippen LogP contribution in [0.15, 0.2) is 24.3 Å². The minimum absolute atomic E-state index is 0.167. The lowest BCUT2D eigenvalue weighted by Crippen LogP contribution is -2.47. The van der Waals surface area contributed by atoms with E-state index in [9.17, 15) is 4.79 Å². The quantitative estimate of drug-likeness (QED) is 0.832. The molecule has 1 amide bonds. The SMILES string of the molecule is CCOc1ccc(CC(=O)N2CCOCC2C)cc1. The predicted octanol–water partition coefficient (Wildman–Crippen LogP) is 1.88. The van der Waals surface area contributed by atoms with Crippen molar-refractivity contribution in [3.8, 4) is 5.75 Å². The Morgan fingerprint density at radius 1 is 1.42 bits per heavy atom.